The summed E-state index contributed by atoms with van der Waals surface area (Å²) in [6, 6.07) is 5.76. The van der Waals surface area contributed by atoms with Gasteiger partial charge in [0.15, 0.2) is 5.69 Å². The maximum Gasteiger partial charge on any atom is 0.164 e. The Kier molecular flexibility index (Phi) is 2.46. The quantitative estimate of drug-likeness (QED) is 0.738. The Morgan fingerprint density at radius 1 is 1.40 bits per heavy atom. The Hall–Kier alpha value is -2.15. The first-order chi connectivity index (χ1) is 7.36. The van der Waals surface area contributed by atoms with E-state index in [9.17, 15) is 0 Å². The van der Waals surface area contributed by atoms with Crippen molar-refractivity contribution in [1.29, 1.82) is 5.26 Å². The van der Waals surface area contributed by atoms with E-state index in [1.807, 2.05) is 29.8 Å². The molecule has 0 amide bonds. The lowest BCUT2D eigenvalue weighted by Gasteiger charge is -2.06. The topological polar surface area (TPSA) is 54.5 Å². The third-order valence-corrected chi connectivity index (χ3v) is 2.19. The maximum absolute atomic E-state index is 8.93. The van der Waals surface area contributed by atoms with Crippen LogP contribution in [0.1, 0.15) is 18.4 Å². The molecule has 4 heteroatoms. The van der Waals surface area contributed by atoms with E-state index in [4.69, 9.17) is 5.26 Å². The second-order valence-corrected chi connectivity index (χ2v) is 3.05. The van der Waals surface area contributed by atoms with E-state index in [0.29, 0.717) is 5.69 Å². The highest BCUT2D eigenvalue weighted by Crippen LogP contribution is 2.13. The number of nitrogens with zero attached hydrogens (tertiary/aromatic N) is 4. The molecule has 0 saturated heterocycles. The molecule has 0 unspecified atom stereocenters. The monoisotopic (exact) mass is 198 g/mol. The van der Waals surface area contributed by atoms with Crippen LogP contribution in [0.4, 0.5) is 0 Å². The average molecular weight is 198 g/mol. The SMILES string of the molecule is CCc1nccn1-c1cccnc1C#N. The van der Waals surface area contributed by atoms with Crippen LogP contribution in [0, 0.1) is 11.3 Å². The molecule has 2 heterocycles. The number of pyridine rings is 1. The lowest BCUT2D eigenvalue weighted by Crippen LogP contribution is -2.02. The van der Waals surface area contributed by atoms with Crippen molar-refractivity contribution in [2.75, 3.05) is 0 Å². The van der Waals surface area contributed by atoms with E-state index in [-0.39, 0.29) is 0 Å². The van der Waals surface area contributed by atoms with Gasteiger partial charge in [-0.05, 0) is 12.1 Å². The van der Waals surface area contributed by atoms with Gasteiger partial charge >= 0.3 is 0 Å². The summed E-state index contributed by atoms with van der Waals surface area (Å²) < 4.78 is 1.89. The minimum atomic E-state index is 0.421. The molecule has 2 aromatic heterocycles. The summed E-state index contributed by atoms with van der Waals surface area (Å²) >= 11 is 0. The number of aromatic nitrogens is 3. The molecule has 4 nitrogen and oxygen atoms in total. The number of imidazole rings is 1. The van der Waals surface area contributed by atoms with E-state index in [1.54, 1.807) is 12.4 Å². The van der Waals surface area contributed by atoms with Gasteiger partial charge in [0.1, 0.15) is 11.9 Å². The maximum atomic E-state index is 8.93. The molecular weight excluding hydrogens is 188 g/mol. The Balaban J connectivity index is 2.59. The molecular formula is C11H10N4. The summed E-state index contributed by atoms with van der Waals surface area (Å²) in [7, 11) is 0. The Morgan fingerprint density at radius 2 is 2.27 bits per heavy atom. The van der Waals surface area contributed by atoms with E-state index in [2.05, 4.69) is 16.0 Å². The normalized spacial score (nSPS) is 9.87. The number of hydrogen-bond donors (Lipinski definition) is 0. The van der Waals surface area contributed by atoms with Crippen molar-refractivity contribution in [1.82, 2.24) is 14.5 Å². The molecule has 0 aliphatic heterocycles. The Labute approximate surface area is 87.8 Å². The van der Waals surface area contributed by atoms with Crippen molar-refractivity contribution < 1.29 is 0 Å². The van der Waals surface area contributed by atoms with E-state index < -0.39 is 0 Å². The van der Waals surface area contributed by atoms with Crippen LogP contribution in [0.25, 0.3) is 5.69 Å². The number of hydrogen-bond acceptors (Lipinski definition) is 3. The molecule has 0 radical (unpaired) electrons. The summed E-state index contributed by atoms with van der Waals surface area (Å²) in [5.74, 6) is 0.930. The zero-order valence-electron chi connectivity index (χ0n) is 8.38. The summed E-state index contributed by atoms with van der Waals surface area (Å²) in [6.07, 6.45) is 6.01. The predicted octanol–water partition coefficient (Wildman–Crippen LogP) is 1.70. The lowest BCUT2D eigenvalue weighted by molar-refractivity contribution is 0.883. The summed E-state index contributed by atoms with van der Waals surface area (Å²) in [5, 5.41) is 8.93. The van der Waals surface area contributed by atoms with Gasteiger partial charge < -0.3 is 4.57 Å². The van der Waals surface area contributed by atoms with Gasteiger partial charge in [-0.3, -0.25) is 0 Å². The zero-order valence-corrected chi connectivity index (χ0v) is 8.38. The Bertz CT molecular complexity index is 507. The van der Waals surface area contributed by atoms with Crippen LogP contribution in [-0.2, 0) is 6.42 Å². The first-order valence-corrected chi connectivity index (χ1v) is 4.74. The van der Waals surface area contributed by atoms with E-state index >= 15 is 0 Å². The van der Waals surface area contributed by atoms with Crippen LogP contribution in [0.3, 0.4) is 0 Å². The third-order valence-electron chi connectivity index (χ3n) is 2.19. The minimum Gasteiger partial charge on any atom is -0.301 e. The highest BCUT2D eigenvalue weighted by molar-refractivity contribution is 5.44. The van der Waals surface area contributed by atoms with Gasteiger partial charge in [0.05, 0.1) is 5.69 Å². The van der Waals surface area contributed by atoms with Crippen LogP contribution in [0.5, 0.6) is 0 Å². The molecule has 0 spiro atoms. The second-order valence-electron chi connectivity index (χ2n) is 3.05. The lowest BCUT2D eigenvalue weighted by atomic mass is 10.3. The Morgan fingerprint density at radius 3 is 3.00 bits per heavy atom. The molecule has 74 valence electrons. The standard InChI is InChI=1S/C11H10N4/c1-2-11-14-6-7-15(11)10-4-3-5-13-9(10)8-12/h3-7H,2H2,1H3. The van der Waals surface area contributed by atoms with Gasteiger partial charge in [0.25, 0.3) is 0 Å². The molecule has 0 saturated carbocycles. The van der Waals surface area contributed by atoms with Crippen molar-refractivity contribution in [3.63, 3.8) is 0 Å². The predicted molar refractivity (Wildman–Crippen MR) is 55.5 cm³/mol. The molecule has 2 rings (SSSR count). The fraction of sp³-hybridized carbons (Fsp3) is 0.182. The van der Waals surface area contributed by atoms with E-state index in [1.165, 1.54) is 0 Å². The average Bonchev–Trinajstić information content (AvgIpc) is 2.76. The van der Waals surface area contributed by atoms with Gasteiger partial charge in [0.2, 0.25) is 0 Å². The minimum absolute atomic E-state index is 0.421. The smallest absolute Gasteiger partial charge is 0.164 e. The third kappa shape index (κ3) is 1.59. The molecule has 0 aliphatic rings. The van der Waals surface area contributed by atoms with Crippen molar-refractivity contribution in [2.45, 2.75) is 13.3 Å². The van der Waals surface area contributed by atoms with Gasteiger partial charge in [-0.1, -0.05) is 6.92 Å². The fourth-order valence-corrected chi connectivity index (χ4v) is 1.49. The molecule has 0 fully saturated rings. The largest absolute Gasteiger partial charge is 0.301 e. The number of nitriles is 1. The number of aryl methyl sites for hydroxylation is 1. The molecule has 0 aromatic carbocycles. The molecule has 2 aromatic rings. The molecule has 0 N–H and O–H groups in total. The van der Waals surface area contributed by atoms with Crippen molar-refractivity contribution >= 4 is 0 Å². The van der Waals surface area contributed by atoms with Crippen molar-refractivity contribution in [3.05, 3.63) is 42.2 Å². The van der Waals surface area contributed by atoms with Gasteiger partial charge in [-0.2, -0.15) is 5.26 Å². The summed E-state index contributed by atoms with van der Waals surface area (Å²) in [6.45, 7) is 2.03. The van der Waals surface area contributed by atoms with Crippen molar-refractivity contribution in [2.24, 2.45) is 0 Å². The van der Waals surface area contributed by atoms with Crippen LogP contribution < -0.4 is 0 Å². The van der Waals surface area contributed by atoms with Crippen LogP contribution in [-0.4, -0.2) is 14.5 Å². The van der Waals surface area contributed by atoms with Gasteiger partial charge in [-0.15, -0.1) is 0 Å². The first kappa shape index (κ1) is 9.41. The summed E-state index contributed by atoms with van der Waals surface area (Å²) in [4.78, 5) is 8.23. The van der Waals surface area contributed by atoms with Crippen LogP contribution in [0.15, 0.2) is 30.7 Å². The van der Waals surface area contributed by atoms with Gasteiger partial charge in [0, 0.05) is 25.0 Å². The summed E-state index contributed by atoms with van der Waals surface area (Å²) in [5.41, 5.74) is 1.21. The molecule has 0 bridgehead atoms. The molecule has 0 aliphatic carbocycles. The highest BCUT2D eigenvalue weighted by atomic mass is 15.1. The fourth-order valence-electron chi connectivity index (χ4n) is 1.49. The van der Waals surface area contributed by atoms with E-state index in [0.717, 1.165) is 17.9 Å². The second kappa shape index (κ2) is 3.93. The zero-order chi connectivity index (χ0) is 10.7. The van der Waals surface area contributed by atoms with Crippen LogP contribution in [0.2, 0.25) is 0 Å². The number of rotatable bonds is 2. The van der Waals surface area contributed by atoms with Crippen molar-refractivity contribution in [3.8, 4) is 11.8 Å². The highest BCUT2D eigenvalue weighted by Gasteiger charge is 2.07. The first-order valence-electron chi connectivity index (χ1n) is 4.74. The van der Waals surface area contributed by atoms with Crippen LogP contribution >= 0.6 is 0 Å². The van der Waals surface area contributed by atoms with Gasteiger partial charge in [-0.25, -0.2) is 9.97 Å². The molecule has 15 heavy (non-hydrogen) atoms. The molecule has 0 atom stereocenters.